The number of para-hydroxylation sites is 1. The summed E-state index contributed by atoms with van der Waals surface area (Å²) in [5, 5.41) is 5.42. The maximum Gasteiger partial charge on any atom is 0.253 e. The van der Waals surface area contributed by atoms with Gasteiger partial charge in [-0.15, -0.1) is 0 Å². The first-order valence-electron chi connectivity index (χ1n) is 11.2. The molecular formula is C25H32N4O3. The fourth-order valence-electron chi connectivity index (χ4n) is 4.40. The standard InChI is InChI=1S/C25H32N4O3/c1-17-16-19(18(2)29(17)20-8-4-3-5-9-20)12-13-24(31)28-22-11-7-6-10-21(22)25(32)27-15-14-23(26)30/h6-7,10-13,16,20H,3-5,8-9,14-15H2,1-2H3,(H2,26,30)(H,27,32)(H,28,31)/b13-12+. The van der Waals surface area contributed by atoms with E-state index in [0.29, 0.717) is 17.3 Å². The lowest BCUT2D eigenvalue weighted by Gasteiger charge is -2.26. The summed E-state index contributed by atoms with van der Waals surface area (Å²) in [6.45, 7) is 4.37. The number of hydrogen-bond donors (Lipinski definition) is 3. The fourth-order valence-corrected chi connectivity index (χ4v) is 4.40. The summed E-state index contributed by atoms with van der Waals surface area (Å²) in [7, 11) is 0. The average molecular weight is 437 g/mol. The third kappa shape index (κ3) is 5.87. The molecular weight excluding hydrogens is 404 g/mol. The number of benzene rings is 1. The first-order valence-corrected chi connectivity index (χ1v) is 11.2. The van der Waals surface area contributed by atoms with E-state index in [0.717, 1.165) is 5.56 Å². The highest BCUT2D eigenvalue weighted by Gasteiger charge is 2.19. The van der Waals surface area contributed by atoms with Gasteiger partial charge in [0.15, 0.2) is 0 Å². The van der Waals surface area contributed by atoms with Crippen molar-refractivity contribution in [3.05, 3.63) is 58.9 Å². The second-order valence-corrected chi connectivity index (χ2v) is 8.33. The Kier molecular flexibility index (Phi) is 7.87. The van der Waals surface area contributed by atoms with Gasteiger partial charge in [-0.1, -0.05) is 31.4 Å². The molecule has 1 aliphatic rings. The van der Waals surface area contributed by atoms with E-state index in [2.05, 4.69) is 35.1 Å². The highest BCUT2D eigenvalue weighted by molar-refractivity contribution is 6.07. The van der Waals surface area contributed by atoms with Crippen molar-refractivity contribution in [1.82, 2.24) is 9.88 Å². The SMILES string of the molecule is Cc1cc(/C=C/C(=O)Nc2ccccc2C(=O)NCCC(N)=O)c(C)n1C1CCCCC1. The zero-order valence-corrected chi connectivity index (χ0v) is 18.8. The number of carbonyl (C=O) groups excluding carboxylic acids is 3. The van der Waals surface area contributed by atoms with Crippen molar-refractivity contribution >= 4 is 29.5 Å². The maximum absolute atomic E-state index is 12.6. The lowest BCUT2D eigenvalue weighted by Crippen LogP contribution is -2.28. The number of nitrogens with one attached hydrogen (secondary N) is 2. The normalized spacial score (nSPS) is 14.4. The second-order valence-electron chi connectivity index (χ2n) is 8.33. The number of amides is 3. The van der Waals surface area contributed by atoms with E-state index in [9.17, 15) is 14.4 Å². The molecule has 1 heterocycles. The summed E-state index contributed by atoms with van der Waals surface area (Å²) in [6, 6.07) is 9.42. The first kappa shape index (κ1) is 23.3. The summed E-state index contributed by atoms with van der Waals surface area (Å²) < 4.78 is 2.41. The van der Waals surface area contributed by atoms with Gasteiger partial charge in [0, 0.05) is 36.5 Å². The highest BCUT2D eigenvalue weighted by Crippen LogP contribution is 2.32. The first-order chi connectivity index (χ1) is 15.4. The lowest BCUT2D eigenvalue weighted by molar-refractivity contribution is -0.118. The summed E-state index contributed by atoms with van der Waals surface area (Å²) in [6.07, 6.45) is 9.64. The van der Waals surface area contributed by atoms with E-state index in [4.69, 9.17) is 5.73 Å². The second kappa shape index (κ2) is 10.8. The van der Waals surface area contributed by atoms with Crippen molar-refractivity contribution < 1.29 is 14.4 Å². The molecule has 7 heteroatoms. The van der Waals surface area contributed by atoms with Gasteiger partial charge in [0.05, 0.1) is 11.3 Å². The zero-order chi connectivity index (χ0) is 23.1. The van der Waals surface area contributed by atoms with Gasteiger partial charge >= 0.3 is 0 Å². The molecule has 4 N–H and O–H groups in total. The van der Waals surface area contributed by atoms with Gasteiger partial charge in [0.2, 0.25) is 11.8 Å². The van der Waals surface area contributed by atoms with Crippen LogP contribution in [0.5, 0.6) is 0 Å². The summed E-state index contributed by atoms with van der Waals surface area (Å²) in [5.74, 6) is -1.17. The lowest BCUT2D eigenvalue weighted by atomic mass is 9.95. The number of nitrogens with two attached hydrogens (primary N) is 1. The van der Waals surface area contributed by atoms with Gasteiger partial charge in [-0.25, -0.2) is 0 Å². The molecule has 2 aromatic rings. The van der Waals surface area contributed by atoms with Crippen LogP contribution < -0.4 is 16.4 Å². The Balaban J connectivity index is 1.68. The number of rotatable bonds is 8. The molecule has 0 unspecified atom stereocenters. The molecule has 0 aliphatic heterocycles. The Hall–Kier alpha value is -3.35. The van der Waals surface area contributed by atoms with Crippen molar-refractivity contribution in [2.75, 3.05) is 11.9 Å². The number of anilines is 1. The predicted molar refractivity (Wildman–Crippen MR) is 126 cm³/mol. The number of aryl methyl sites for hydroxylation is 1. The molecule has 3 rings (SSSR count). The van der Waals surface area contributed by atoms with Crippen molar-refractivity contribution in [2.45, 2.75) is 58.4 Å². The van der Waals surface area contributed by atoms with Gasteiger partial charge in [-0.05, 0) is 56.5 Å². The van der Waals surface area contributed by atoms with Crippen LogP contribution in [-0.4, -0.2) is 28.8 Å². The van der Waals surface area contributed by atoms with Crippen LogP contribution in [0.1, 0.15) is 71.9 Å². The molecule has 1 aromatic heterocycles. The minimum Gasteiger partial charge on any atom is -0.370 e. The molecule has 7 nitrogen and oxygen atoms in total. The average Bonchev–Trinajstić information content (AvgIpc) is 3.06. The van der Waals surface area contributed by atoms with Crippen LogP contribution in [0.25, 0.3) is 6.08 Å². The molecule has 1 fully saturated rings. The van der Waals surface area contributed by atoms with Crippen molar-refractivity contribution in [3.63, 3.8) is 0 Å². The van der Waals surface area contributed by atoms with Gasteiger partial charge in [0.1, 0.15) is 0 Å². The summed E-state index contributed by atoms with van der Waals surface area (Å²) >= 11 is 0. The molecule has 0 atom stereocenters. The Morgan fingerprint density at radius 2 is 1.84 bits per heavy atom. The van der Waals surface area contributed by atoms with Gasteiger partial charge in [-0.2, -0.15) is 0 Å². The Morgan fingerprint density at radius 3 is 2.56 bits per heavy atom. The molecule has 0 radical (unpaired) electrons. The molecule has 1 aliphatic carbocycles. The van der Waals surface area contributed by atoms with Crippen LogP contribution in [0.15, 0.2) is 36.4 Å². The third-order valence-electron chi connectivity index (χ3n) is 5.96. The molecule has 0 spiro atoms. The molecule has 1 aromatic carbocycles. The monoisotopic (exact) mass is 436 g/mol. The van der Waals surface area contributed by atoms with Crippen LogP contribution in [-0.2, 0) is 9.59 Å². The minimum atomic E-state index is -0.486. The molecule has 0 bridgehead atoms. The fraction of sp³-hybridized carbons (Fsp3) is 0.400. The van der Waals surface area contributed by atoms with Crippen molar-refractivity contribution in [1.29, 1.82) is 0 Å². The molecule has 1 saturated carbocycles. The van der Waals surface area contributed by atoms with Crippen LogP contribution in [0, 0.1) is 13.8 Å². The smallest absolute Gasteiger partial charge is 0.253 e. The summed E-state index contributed by atoms with van der Waals surface area (Å²) in [4.78, 5) is 35.8. The van der Waals surface area contributed by atoms with Gasteiger partial charge in [0.25, 0.3) is 5.91 Å². The van der Waals surface area contributed by atoms with E-state index < -0.39 is 5.91 Å². The molecule has 0 saturated heterocycles. The van der Waals surface area contributed by atoms with Gasteiger partial charge < -0.3 is 20.9 Å². The van der Waals surface area contributed by atoms with E-state index in [-0.39, 0.29) is 24.8 Å². The quantitative estimate of drug-likeness (QED) is 0.547. The van der Waals surface area contributed by atoms with Crippen LogP contribution in [0.2, 0.25) is 0 Å². The topological polar surface area (TPSA) is 106 Å². The number of nitrogens with zero attached hydrogens (tertiary/aromatic N) is 1. The van der Waals surface area contributed by atoms with Crippen molar-refractivity contribution in [2.24, 2.45) is 5.73 Å². The van der Waals surface area contributed by atoms with E-state index >= 15 is 0 Å². The maximum atomic E-state index is 12.6. The van der Waals surface area contributed by atoms with Gasteiger partial charge in [-0.3, -0.25) is 14.4 Å². The highest BCUT2D eigenvalue weighted by atomic mass is 16.2. The minimum absolute atomic E-state index is 0.0578. The number of hydrogen-bond acceptors (Lipinski definition) is 3. The molecule has 170 valence electrons. The molecule has 3 amide bonds. The Morgan fingerprint density at radius 1 is 1.12 bits per heavy atom. The van der Waals surface area contributed by atoms with E-state index in [1.165, 1.54) is 49.6 Å². The number of aromatic nitrogens is 1. The summed E-state index contributed by atoms with van der Waals surface area (Å²) in [5.41, 5.74) is 9.26. The zero-order valence-electron chi connectivity index (χ0n) is 18.8. The Bertz CT molecular complexity index is 1020. The predicted octanol–water partition coefficient (Wildman–Crippen LogP) is 3.87. The van der Waals surface area contributed by atoms with Crippen molar-refractivity contribution in [3.8, 4) is 0 Å². The van der Waals surface area contributed by atoms with E-state index in [1.807, 2.05) is 6.08 Å². The number of primary amides is 1. The third-order valence-corrected chi connectivity index (χ3v) is 5.96. The Labute approximate surface area is 189 Å². The number of carbonyl (C=O) groups is 3. The van der Waals surface area contributed by atoms with Crippen LogP contribution in [0.4, 0.5) is 5.69 Å². The molecule has 32 heavy (non-hydrogen) atoms. The van der Waals surface area contributed by atoms with Crippen LogP contribution in [0.3, 0.4) is 0 Å². The van der Waals surface area contributed by atoms with Crippen LogP contribution >= 0.6 is 0 Å². The largest absolute Gasteiger partial charge is 0.370 e. The van der Waals surface area contributed by atoms with E-state index in [1.54, 1.807) is 24.3 Å².